The lowest BCUT2D eigenvalue weighted by Gasteiger charge is -2.26. The molecule has 0 amide bonds. The van der Waals surface area contributed by atoms with Crippen molar-refractivity contribution < 1.29 is 28.8 Å². The van der Waals surface area contributed by atoms with Gasteiger partial charge in [0.15, 0.2) is 11.5 Å². The van der Waals surface area contributed by atoms with Gasteiger partial charge in [-0.15, -0.1) is 0 Å². The van der Waals surface area contributed by atoms with Gasteiger partial charge in [0, 0.05) is 13.1 Å². The van der Waals surface area contributed by atoms with Gasteiger partial charge in [0.2, 0.25) is 5.75 Å². The van der Waals surface area contributed by atoms with Crippen LogP contribution in [0.25, 0.3) is 0 Å². The van der Waals surface area contributed by atoms with E-state index < -0.39 is 5.97 Å². The van der Waals surface area contributed by atoms with E-state index in [0.717, 1.165) is 45.7 Å². The van der Waals surface area contributed by atoms with Gasteiger partial charge in [-0.25, -0.2) is 4.79 Å². The molecule has 0 saturated carbocycles. The molecule has 0 radical (unpaired) electrons. The second kappa shape index (κ2) is 9.34. The van der Waals surface area contributed by atoms with E-state index in [0.29, 0.717) is 6.61 Å². The first-order chi connectivity index (χ1) is 11.7. The number of carbonyl (C=O) groups excluding carboxylic acids is 1. The monoisotopic (exact) mass is 339 g/mol. The Morgan fingerprint density at radius 1 is 1.17 bits per heavy atom. The molecule has 0 atom stereocenters. The zero-order valence-electron chi connectivity index (χ0n) is 14.2. The third-order valence-electron chi connectivity index (χ3n) is 3.92. The van der Waals surface area contributed by atoms with E-state index in [4.69, 9.17) is 18.9 Å². The second-order valence-electron chi connectivity index (χ2n) is 5.53. The van der Waals surface area contributed by atoms with Crippen molar-refractivity contribution in [2.75, 3.05) is 53.7 Å². The van der Waals surface area contributed by atoms with Crippen LogP contribution < -0.4 is 9.47 Å². The predicted octanol–water partition coefficient (Wildman–Crippen LogP) is 1.68. The molecular formula is C17H25NO6. The van der Waals surface area contributed by atoms with Crippen molar-refractivity contribution in [1.29, 1.82) is 0 Å². The number of phenolic OH excluding ortho intramolecular Hbond substituents is 1. The normalized spacial score (nSPS) is 15.1. The van der Waals surface area contributed by atoms with E-state index in [2.05, 4.69) is 4.90 Å². The summed E-state index contributed by atoms with van der Waals surface area (Å²) in [6, 6.07) is 2.88. The molecule has 134 valence electrons. The van der Waals surface area contributed by atoms with Crippen LogP contribution in [-0.4, -0.2) is 69.7 Å². The first-order valence-corrected chi connectivity index (χ1v) is 8.08. The Labute approximate surface area is 142 Å². The fraction of sp³-hybridized carbons (Fsp3) is 0.588. The van der Waals surface area contributed by atoms with Crippen molar-refractivity contribution in [1.82, 2.24) is 4.90 Å². The lowest BCUT2D eigenvalue weighted by Crippen LogP contribution is -2.36. The maximum absolute atomic E-state index is 12.1. The average molecular weight is 339 g/mol. The highest BCUT2D eigenvalue weighted by Gasteiger charge is 2.16. The third kappa shape index (κ3) is 5.01. The van der Waals surface area contributed by atoms with Crippen LogP contribution in [0.5, 0.6) is 17.2 Å². The minimum Gasteiger partial charge on any atom is -0.502 e. The Morgan fingerprint density at radius 2 is 1.79 bits per heavy atom. The van der Waals surface area contributed by atoms with Crippen LogP contribution in [0.4, 0.5) is 0 Å². The maximum atomic E-state index is 12.1. The van der Waals surface area contributed by atoms with Crippen molar-refractivity contribution in [3.05, 3.63) is 17.7 Å². The zero-order valence-corrected chi connectivity index (χ0v) is 14.2. The summed E-state index contributed by atoms with van der Waals surface area (Å²) in [6.07, 6.45) is 1.77. The molecule has 0 aliphatic carbocycles. The molecular weight excluding hydrogens is 314 g/mol. The lowest BCUT2D eigenvalue weighted by atomic mass is 10.2. The predicted molar refractivity (Wildman–Crippen MR) is 88.0 cm³/mol. The molecule has 2 rings (SSSR count). The molecule has 0 bridgehead atoms. The van der Waals surface area contributed by atoms with Gasteiger partial charge in [-0.3, -0.25) is 4.90 Å². The summed E-state index contributed by atoms with van der Waals surface area (Å²) in [5.74, 6) is -0.248. The summed E-state index contributed by atoms with van der Waals surface area (Å²) in [5.41, 5.74) is 0.287. The fourth-order valence-electron chi connectivity index (χ4n) is 2.52. The van der Waals surface area contributed by atoms with Crippen molar-refractivity contribution >= 4 is 5.97 Å². The van der Waals surface area contributed by atoms with Crippen LogP contribution in [0.3, 0.4) is 0 Å². The Morgan fingerprint density at radius 3 is 2.38 bits per heavy atom. The molecule has 1 aliphatic heterocycles. The minimum atomic E-state index is -0.460. The summed E-state index contributed by atoms with van der Waals surface area (Å²) in [7, 11) is 2.82. The first-order valence-electron chi connectivity index (χ1n) is 8.08. The molecule has 1 N–H and O–H groups in total. The Balaban J connectivity index is 1.77. The zero-order chi connectivity index (χ0) is 17.4. The molecule has 1 aromatic carbocycles. The number of unbranched alkanes of at least 4 members (excludes halogenated alkanes) is 1. The van der Waals surface area contributed by atoms with Crippen molar-refractivity contribution in [2.45, 2.75) is 12.8 Å². The van der Waals surface area contributed by atoms with Crippen LogP contribution >= 0.6 is 0 Å². The van der Waals surface area contributed by atoms with Crippen LogP contribution in [0.2, 0.25) is 0 Å². The fourth-order valence-corrected chi connectivity index (χ4v) is 2.52. The van der Waals surface area contributed by atoms with E-state index in [9.17, 15) is 9.90 Å². The molecule has 1 fully saturated rings. The smallest absolute Gasteiger partial charge is 0.338 e. The van der Waals surface area contributed by atoms with Crippen LogP contribution in [0, 0.1) is 0 Å². The molecule has 1 aliphatic rings. The van der Waals surface area contributed by atoms with Gasteiger partial charge in [0.1, 0.15) is 0 Å². The quantitative estimate of drug-likeness (QED) is 0.570. The van der Waals surface area contributed by atoms with Gasteiger partial charge in [-0.05, 0) is 31.5 Å². The number of carbonyl (C=O) groups is 1. The molecule has 1 heterocycles. The maximum Gasteiger partial charge on any atom is 0.338 e. The van der Waals surface area contributed by atoms with Gasteiger partial charge in [-0.2, -0.15) is 0 Å². The average Bonchev–Trinajstić information content (AvgIpc) is 2.62. The molecule has 0 unspecified atom stereocenters. The topological polar surface area (TPSA) is 77.5 Å². The number of nitrogens with zero attached hydrogens (tertiary/aromatic N) is 1. The Bertz CT molecular complexity index is 517. The third-order valence-corrected chi connectivity index (χ3v) is 3.92. The number of aromatic hydroxyl groups is 1. The van der Waals surface area contributed by atoms with E-state index in [1.807, 2.05) is 0 Å². The van der Waals surface area contributed by atoms with Gasteiger partial charge < -0.3 is 24.1 Å². The van der Waals surface area contributed by atoms with Crippen LogP contribution in [0.1, 0.15) is 23.2 Å². The number of hydrogen-bond acceptors (Lipinski definition) is 7. The highest BCUT2D eigenvalue weighted by molar-refractivity contribution is 5.91. The van der Waals surface area contributed by atoms with Gasteiger partial charge in [-0.1, -0.05) is 0 Å². The summed E-state index contributed by atoms with van der Waals surface area (Å²) in [4.78, 5) is 14.5. The van der Waals surface area contributed by atoms with Gasteiger partial charge in [0.25, 0.3) is 0 Å². The number of ether oxygens (including phenoxy) is 4. The number of hydrogen-bond donors (Lipinski definition) is 1. The van der Waals surface area contributed by atoms with E-state index >= 15 is 0 Å². The first kappa shape index (κ1) is 18.4. The van der Waals surface area contributed by atoms with E-state index in [1.54, 1.807) is 0 Å². The lowest BCUT2D eigenvalue weighted by molar-refractivity contribution is 0.0348. The van der Waals surface area contributed by atoms with Gasteiger partial charge in [0.05, 0.1) is 39.6 Å². The number of phenols is 1. The molecule has 7 heteroatoms. The van der Waals surface area contributed by atoms with Gasteiger partial charge >= 0.3 is 5.97 Å². The minimum absolute atomic E-state index is 0.137. The molecule has 0 spiro atoms. The number of rotatable bonds is 8. The summed E-state index contributed by atoms with van der Waals surface area (Å²) in [6.45, 7) is 4.86. The summed E-state index contributed by atoms with van der Waals surface area (Å²) < 4.78 is 20.7. The molecule has 7 nitrogen and oxygen atoms in total. The second-order valence-corrected chi connectivity index (χ2v) is 5.53. The Kier molecular flexibility index (Phi) is 7.14. The number of methoxy groups -OCH3 is 2. The SMILES string of the molecule is COc1cc(C(=O)OCCCCN2CCOCC2)cc(OC)c1O. The van der Waals surface area contributed by atoms with Crippen molar-refractivity contribution in [3.63, 3.8) is 0 Å². The summed E-state index contributed by atoms with van der Waals surface area (Å²) >= 11 is 0. The largest absolute Gasteiger partial charge is 0.502 e. The van der Waals surface area contributed by atoms with E-state index in [-0.39, 0.29) is 22.8 Å². The van der Waals surface area contributed by atoms with Crippen LogP contribution in [-0.2, 0) is 9.47 Å². The standard InChI is InChI=1S/C17H25NO6/c1-21-14-11-13(12-15(22-2)16(14)19)17(20)24-8-4-3-5-18-6-9-23-10-7-18/h11-12,19H,3-10H2,1-2H3. The van der Waals surface area contributed by atoms with E-state index in [1.165, 1.54) is 26.4 Å². The van der Waals surface area contributed by atoms with Crippen molar-refractivity contribution in [2.24, 2.45) is 0 Å². The molecule has 24 heavy (non-hydrogen) atoms. The molecule has 1 saturated heterocycles. The van der Waals surface area contributed by atoms with Crippen LogP contribution in [0.15, 0.2) is 12.1 Å². The Hall–Kier alpha value is -1.99. The number of esters is 1. The highest BCUT2D eigenvalue weighted by Crippen LogP contribution is 2.37. The molecule has 1 aromatic rings. The number of morpholine rings is 1. The number of benzene rings is 1. The summed E-state index contributed by atoms with van der Waals surface area (Å²) in [5, 5.41) is 9.85. The molecule has 0 aromatic heterocycles. The van der Waals surface area contributed by atoms with Crippen molar-refractivity contribution in [3.8, 4) is 17.2 Å². The highest BCUT2D eigenvalue weighted by atomic mass is 16.5.